The monoisotopic (exact) mass is 346 g/mol. The second-order valence-corrected chi connectivity index (χ2v) is 10.1. The molecule has 1 aromatic rings. The molecule has 3 heteroatoms. The molecule has 106 valence electrons. The van der Waals surface area contributed by atoms with E-state index in [-0.39, 0.29) is 37.3 Å². The number of ether oxygens (including phenoxy) is 1. The number of benzene rings is 1. The van der Waals surface area contributed by atoms with Gasteiger partial charge in [-0.05, 0) is 49.1 Å². The minimum absolute atomic E-state index is 0. The van der Waals surface area contributed by atoms with Gasteiger partial charge >= 0.3 is 20.4 Å². The summed E-state index contributed by atoms with van der Waals surface area (Å²) in [4.78, 5) is 0. The first-order valence-electron chi connectivity index (χ1n) is 7.88. The number of halogens is 1. The van der Waals surface area contributed by atoms with Gasteiger partial charge in [-0.3, -0.25) is 0 Å². The molecule has 0 heterocycles. The Bertz CT molecular complexity index is 435. The first-order chi connectivity index (χ1) is 9.25. The molecule has 0 aromatic heterocycles. The van der Waals surface area contributed by atoms with E-state index in [1.165, 1.54) is 0 Å². The maximum atomic E-state index is 5.28. The lowest BCUT2D eigenvalue weighted by Crippen LogP contribution is -2.47. The zero-order valence-corrected chi connectivity index (χ0v) is 15.4. The Morgan fingerprint density at radius 1 is 0.950 bits per heavy atom. The molecular formula is C17H23BrMgO. The summed E-state index contributed by atoms with van der Waals surface area (Å²) in [5.41, 5.74) is 0. The van der Waals surface area contributed by atoms with E-state index in [9.17, 15) is 0 Å². The maximum Gasteiger partial charge on any atom is 0.417 e. The second-order valence-electron chi connectivity index (χ2n) is 7.44. The Morgan fingerprint density at radius 2 is 1.45 bits per heavy atom. The summed E-state index contributed by atoms with van der Waals surface area (Å²) in [5, 5.41) is 0. The molecule has 20 heavy (non-hydrogen) atoms. The van der Waals surface area contributed by atoms with Gasteiger partial charge in [-0.1, -0.05) is 31.4 Å². The largest absolute Gasteiger partial charge is 0.497 e. The Labute approximate surface area is 142 Å². The minimum atomic E-state index is -0.125. The van der Waals surface area contributed by atoms with Gasteiger partial charge in [-0.15, -0.1) is 20.5 Å². The van der Waals surface area contributed by atoms with Crippen molar-refractivity contribution in [3.8, 4) is 5.75 Å². The molecule has 1 nitrogen and oxygen atoms in total. The van der Waals surface area contributed by atoms with E-state index in [0.717, 1.165) is 27.0 Å². The molecule has 5 rings (SSSR count). The molecule has 0 radical (unpaired) electrons. The molecule has 4 aliphatic carbocycles. The normalized spacial score (nSPS) is 37.1. The lowest BCUT2D eigenvalue weighted by molar-refractivity contribution is 0.0292. The van der Waals surface area contributed by atoms with Crippen LogP contribution in [0.5, 0.6) is 5.75 Å². The second kappa shape index (κ2) is 5.81. The van der Waals surface area contributed by atoms with Crippen LogP contribution in [-0.4, -0.2) is 27.5 Å². The van der Waals surface area contributed by atoms with Crippen LogP contribution in [0, 0.1) is 17.8 Å². The third kappa shape index (κ3) is 2.78. The van der Waals surface area contributed by atoms with Crippen molar-refractivity contribution < 1.29 is 4.74 Å². The Morgan fingerprint density at radius 3 is 1.90 bits per heavy atom. The standard InChI is InChI=1S/C10H15.C7H7O.BrH.Mg/c1-7-2-9-4-8(1)5-10(3-7)6-9;1-8-7-5-3-2-4-6-7;;/h7-9H,1-6H2;3-6H,1H3;1H;. The fourth-order valence-electron chi connectivity index (χ4n) is 5.68. The molecular weight excluding hydrogens is 324 g/mol. The van der Waals surface area contributed by atoms with Crippen molar-refractivity contribution in [3.05, 3.63) is 24.3 Å². The number of hydrogen-bond donors (Lipinski definition) is 0. The van der Waals surface area contributed by atoms with E-state index in [4.69, 9.17) is 4.74 Å². The maximum absolute atomic E-state index is 5.28. The molecule has 4 saturated carbocycles. The molecule has 4 fully saturated rings. The van der Waals surface area contributed by atoms with Crippen LogP contribution >= 0.6 is 17.0 Å². The average Bonchev–Trinajstić information content (AvgIpc) is 2.37. The summed E-state index contributed by atoms with van der Waals surface area (Å²) in [6.07, 6.45) is 9.40. The summed E-state index contributed by atoms with van der Waals surface area (Å²) in [6.45, 7) is 0. The van der Waals surface area contributed by atoms with Crippen LogP contribution < -0.4 is 8.43 Å². The van der Waals surface area contributed by atoms with Crippen molar-refractivity contribution in [3.63, 3.8) is 0 Å². The van der Waals surface area contributed by atoms with Crippen molar-refractivity contribution in [1.82, 2.24) is 0 Å². The summed E-state index contributed by atoms with van der Waals surface area (Å²) in [7, 11) is 1.76. The SMILES string of the molecule is Br.COc1cc[c]([Mg][C]23CC4CC(CC(C4)C2)C3)cc1. The van der Waals surface area contributed by atoms with Gasteiger partial charge in [-0.25, -0.2) is 0 Å². The van der Waals surface area contributed by atoms with Crippen LogP contribution in [0.15, 0.2) is 24.3 Å². The highest BCUT2D eigenvalue weighted by Crippen LogP contribution is 2.63. The van der Waals surface area contributed by atoms with Gasteiger partial charge in [0.2, 0.25) is 0 Å². The molecule has 0 aliphatic heterocycles. The van der Waals surface area contributed by atoms with Crippen molar-refractivity contribution in [2.24, 2.45) is 17.8 Å². The predicted molar refractivity (Wildman–Crippen MR) is 89.6 cm³/mol. The third-order valence-electron chi connectivity index (χ3n) is 5.90. The molecule has 0 amide bonds. The molecule has 1 aromatic carbocycles. The van der Waals surface area contributed by atoms with Crippen molar-refractivity contribution in [1.29, 1.82) is 0 Å². The minimum Gasteiger partial charge on any atom is -0.497 e. The van der Waals surface area contributed by atoms with Gasteiger partial charge in [0.1, 0.15) is 5.75 Å². The van der Waals surface area contributed by atoms with Gasteiger partial charge in [0.25, 0.3) is 0 Å². The van der Waals surface area contributed by atoms with Gasteiger partial charge in [0.05, 0.1) is 7.11 Å². The van der Waals surface area contributed by atoms with Crippen LogP contribution in [0.2, 0.25) is 3.54 Å². The molecule has 0 N–H and O–H groups in total. The highest BCUT2D eigenvalue weighted by Gasteiger charge is 2.50. The molecule has 0 atom stereocenters. The van der Waals surface area contributed by atoms with Crippen LogP contribution in [-0.2, 0) is 0 Å². The Hall–Kier alpha value is 0.266. The van der Waals surface area contributed by atoms with Gasteiger partial charge in [0.15, 0.2) is 0 Å². The zero-order chi connectivity index (χ0) is 12.9. The van der Waals surface area contributed by atoms with E-state index in [1.807, 2.05) is 0 Å². The fraction of sp³-hybridized carbons (Fsp3) is 0.647. The predicted octanol–water partition coefficient (Wildman–Crippen LogP) is 3.99. The van der Waals surface area contributed by atoms with Crippen LogP contribution in [0.3, 0.4) is 0 Å². The van der Waals surface area contributed by atoms with Crippen LogP contribution in [0.4, 0.5) is 0 Å². The topological polar surface area (TPSA) is 9.23 Å². The van der Waals surface area contributed by atoms with E-state index in [2.05, 4.69) is 24.3 Å². The van der Waals surface area contributed by atoms with Crippen molar-refractivity contribution in [2.45, 2.75) is 42.1 Å². The summed E-state index contributed by atoms with van der Waals surface area (Å²) < 4.78 is 7.73. The van der Waals surface area contributed by atoms with Gasteiger partial charge < -0.3 is 4.74 Å². The van der Waals surface area contributed by atoms with E-state index in [1.54, 1.807) is 49.3 Å². The first-order valence-corrected chi connectivity index (χ1v) is 9.29. The first kappa shape index (κ1) is 15.2. The van der Waals surface area contributed by atoms with Gasteiger partial charge in [0, 0.05) is 0 Å². The molecule has 4 aliphatic rings. The van der Waals surface area contributed by atoms with Crippen LogP contribution in [0.25, 0.3) is 0 Å². The molecule has 0 unspecified atom stereocenters. The number of hydrogen-bond acceptors (Lipinski definition) is 1. The van der Waals surface area contributed by atoms with Crippen molar-refractivity contribution >= 4 is 41.0 Å². The average molecular weight is 348 g/mol. The number of rotatable bonds is 3. The smallest absolute Gasteiger partial charge is 0.417 e. The molecule has 0 spiro atoms. The molecule has 0 saturated heterocycles. The van der Waals surface area contributed by atoms with Crippen molar-refractivity contribution in [2.75, 3.05) is 7.11 Å². The van der Waals surface area contributed by atoms with E-state index < -0.39 is 0 Å². The van der Waals surface area contributed by atoms with E-state index >= 15 is 0 Å². The lowest BCUT2D eigenvalue weighted by atomic mass is 9.55. The lowest BCUT2D eigenvalue weighted by Gasteiger charge is -2.58. The summed E-state index contributed by atoms with van der Waals surface area (Å²) in [6, 6.07) is 8.99. The molecule has 4 bridgehead atoms. The number of methoxy groups -OCH3 is 1. The fourth-order valence-corrected chi connectivity index (χ4v) is 8.68. The van der Waals surface area contributed by atoms with Gasteiger partial charge in [-0.2, -0.15) is 3.69 Å². The third-order valence-corrected chi connectivity index (χ3v) is 8.40. The zero-order valence-electron chi connectivity index (χ0n) is 12.3. The quantitative estimate of drug-likeness (QED) is 0.751. The van der Waals surface area contributed by atoms with E-state index in [0.29, 0.717) is 0 Å². The summed E-state index contributed by atoms with van der Waals surface area (Å²) in [5.74, 6) is 4.29. The Kier molecular flexibility index (Phi) is 4.41. The Balaban J connectivity index is 0.00000121. The highest BCUT2D eigenvalue weighted by atomic mass is 79.9. The van der Waals surface area contributed by atoms with Crippen LogP contribution in [0.1, 0.15) is 38.5 Å². The highest BCUT2D eigenvalue weighted by molar-refractivity contribution is 8.93. The summed E-state index contributed by atoms with van der Waals surface area (Å²) >= 11 is -0.125.